The van der Waals surface area contributed by atoms with Crippen LogP contribution in [0.4, 0.5) is 0 Å². The largest absolute Gasteiger partial charge is 0.508 e. The molecule has 1 aliphatic rings. The molecule has 3 unspecified atom stereocenters. The number of carboxylic acids is 1. The van der Waals surface area contributed by atoms with E-state index in [2.05, 4.69) is 10.6 Å². The van der Waals surface area contributed by atoms with Crippen LogP contribution in [0.25, 0.3) is 0 Å². The Morgan fingerprint density at radius 3 is 2.44 bits per heavy atom. The monoisotopic (exact) mass is 448 g/mol. The van der Waals surface area contributed by atoms with Crippen LogP contribution in [0.2, 0.25) is 0 Å². The smallest absolute Gasteiger partial charge is 0.326 e. The van der Waals surface area contributed by atoms with Gasteiger partial charge in [-0.2, -0.15) is 0 Å². The Kier molecular flexibility index (Phi) is 9.01. The molecule has 3 atom stereocenters. The topological polar surface area (TPSA) is 162 Å². The second-order valence-electron chi connectivity index (χ2n) is 8.47. The van der Waals surface area contributed by atoms with Gasteiger partial charge in [0.15, 0.2) is 0 Å². The SMILES string of the molecule is CC(C)CC(NC(=O)CNC(=O)C(N)Cc1ccc(O)cc1)C(=O)N1CCCC1C(=O)O. The number of nitrogens with one attached hydrogen (secondary N) is 2. The maximum atomic E-state index is 12.9. The molecule has 32 heavy (non-hydrogen) atoms. The first-order valence-corrected chi connectivity index (χ1v) is 10.7. The lowest BCUT2D eigenvalue weighted by Crippen LogP contribution is -2.54. The van der Waals surface area contributed by atoms with E-state index < -0.39 is 41.8 Å². The summed E-state index contributed by atoms with van der Waals surface area (Å²) in [5, 5.41) is 23.7. The van der Waals surface area contributed by atoms with Crippen molar-refractivity contribution in [3.8, 4) is 5.75 Å². The first-order chi connectivity index (χ1) is 15.1. The number of carbonyl (C=O) groups is 4. The van der Waals surface area contributed by atoms with Crippen molar-refractivity contribution in [1.82, 2.24) is 15.5 Å². The van der Waals surface area contributed by atoms with Gasteiger partial charge in [-0.05, 0) is 49.3 Å². The molecule has 6 N–H and O–H groups in total. The van der Waals surface area contributed by atoms with E-state index in [0.29, 0.717) is 25.8 Å². The quantitative estimate of drug-likeness (QED) is 0.336. The third kappa shape index (κ3) is 7.23. The molecule has 2 rings (SSSR count). The molecule has 10 nitrogen and oxygen atoms in total. The summed E-state index contributed by atoms with van der Waals surface area (Å²) in [6.45, 7) is 3.78. The summed E-state index contributed by atoms with van der Waals surface area (Å²) in [6, 6.07) is 3.65. The number of hydrogen-bond donors (Lipinski definition) is 5. The van der Waals surface area contributed by atoms with Crippen molar-refractivity contribution in [1.29, 1.82) is 0 Å². The molecule has 0 saturated carbocycles. The van der Waals surface area contributed by atoms with E-state index in [1.807, 2.05) is 13.8 Å². The minimum Gasteiger partial charge on any atom is -0.508 e. The summed E-state index contributed by atoms with van der Waals surface area (Å²) in [4.78, 5) is 50.3. The van der Waals surface area contributed by atoms with Crippen molar-refractivity contribution in [3.05, 3.63) is 29.8 Å². The number of phenols is 1. The minimum atomic E-state index is -1.06. The average Bonchev–Trinajstić information content (AvgIpc) is 3.22. The molecule has 1 aliphatic heterocycles. The van der Waals surface area contributed by atoms with E-state index in [1.54, 1.807) is 12.1 Å². The van der Waals surface area contributed by atoms with Gasteiger partial charge in [-0.1, -0.05) is 26.0 Å². The van der Waals surface area contributed by atoms with Crippen molar-refractivity contribution >= 4 is 23.7 Å². The Hall–Kier alpha value is -3.14. The van der Waals surface area contributed by atoms with E-state index in [9.17, 15) is 29.4 Å². The number of nitrogens with zero attached hydrogens (tertiary/aromatic N) is 1. The van der Waals surface area contributed by atoms with E-state index in [4.69, 9.17) is 5.73 Å². The number of nitrogens with two attached hydrogens (primary N) is 1. The number of rotatable bonds is 10. The lowest BCUT2D eigenvalue weighted by Gasteiger charge is -2.28. The Balaban J connectivity index is 1.90. The molecule has 1 aromatic carbocycles. The predicted molar refractivity (Wildman–Crippen MR) is 117 cm³/mol. The number of carbonyl (C=O) groups excluding carboxylic acids is 3. The predicted octanol–water partition coefficient (Wildman–Crippen LogP) is -0.0153. The fourth-order valence-electron chi connectivity index (χ4n) is 3.70. The second-order valence-corrected chi connectivity index (χ2v) is 8.47. The number of benzene rings is 1. The summed E-state index contributed by atoms with van der Waals surface area (Å²) >= 11 is 0. The summed E-state index contributed by atoms with van der Waals surface area (Å²) < 4.78 is 0. The molecular weight excluding hydrogens is 416 g/mol. The summed E-state index contributed by atoms with van der Waals surface area (Å²) in [6.07, 6.45) is 1.56. The third-order valence-electron chi connectivity index (χ3n) is 5.31. The standard InChI is InChI=1S/C22H32N4O6/c1-13(2)10-17(21(30)26-9-3-4-18(26)22(31)32)25-19(28)12-24-20(29)16(23)11-14-5-7-15(27)8-6-14/h5-8,13,16-18,27H,3-4,9-12,23H2,1-2H3,(H,24,29)(H,25,28)(H,31,32). The van der Waals surface area contributed by atoms with Crippen LogP contribution in [-0.4, -0.2) is 70.0 Å². The highest BCUT2D eigenvalue weighted by Crippen LogP contribution is 2.20. The Morgan fingerprint density at radius 1 is 1.19 bits per heavy atom. The van der Waals surface area contributed by atoms with Crippen molar-refractivity contribution < 1.29 is 29.4 Å². The zero-order valence-corrected chi connectivity index (χ0v) is 18.4. The van der Waals surface area contributed by atoms with Gasteiger partial charge in [0.1, 0.15) is 17.8 Å². The number of carboxylic acid groups (broad SMARTS) is 1. The first kappa shape index (κ1) is 25.1. The van der Waals surface area contributed by atoms with Crippen LogP contribution in [-0.2, 0) is 25.6 Å². The van der Waals surface area contributed by atoms with Crippen molar-refractivity contribution in [2.45, 2.75) is 57.7 Å². The molecule has 3 amide bonds. The number of likely N-dealkylation sites (tertiary alicyclic amines) is 1. The number of hydrogen-bond acceptors (Lipinski definition) is 6. The van der Waals surface area contributed by atoms with Gasteiger partial charge < -0.3 is 31.5 Å². The zero-order valence-electron chi connectivity index (χ0n) is 18.4. The third-order valence-corrected chi connectivity index (χ3v) is 5.31. The highest BCUT2D eigenvalue weighted by Gasteiger charge is 2.37. The van der Waals surface area contributed by atoms with Gasteiger partial charge in [-0.25, -0.2) is 4.79 Å². The molecule has 1 fully saturated rings. The highest BCUT2D eigenvalue weighted by atomic mass is 16.4. The molecule has 0 radical (unpaired) electrons. The number of phenolic OH excluding ortho intramolecular Hbond substituents is 1. The molecule has 1 saturated heterocycles. The second kappa shape index (κ2) is 11.5. The van der Waals surface area contributed by atoms with Gasteiger partial charge >= 0.3 is 5.97 Å². The van der Waals surface area contributed by atoms with Crippen molar-refractivity contribution in [2.24, 2.45) is 11.7 Å². The van der Waals surface area contributed by atoms with E-state index in [-0.39, 0.29) is 24.6 Å². The Labute approximate surface area is 187 Å². The fourth-order valence-corrected chi connectivity index (χ4v) is 3.70. The van der Waals surface area contributed by atoms with Crippen LogP contribution >= 0.6 is 0 Å². The lowest BCUT2D eigenvalue weighted by atomic mass is 10.0. The molecule has 0 bridgehead atoms. The minimum absolute atomic E-state index is 0.0865. The van der Waals surface area contributed by atoms with Gasteiger partial charge in [0.25, 0.3) is 0 Å². The van der Waals surface area contributed by atoms with Crippen LogP contribution in [0.1, 0.15) is 38.7 Å². The summed E-state index contributed by atoms with van der Waals surface area (Å²) in [7, 11) is 0. The van der Waals surface area contributed by atoms with Crippen molar-refractivity contribution in [2.75, 3.05) is 13.1 Å². The van der Waals surface area contributed by atoms with Gasteiger partial charge in [-0.3, -0.25) is 14.4 Å². The molecule has 0 aliphatic carbocycles. The maximum Gasteiger partial charge on any atom is 0.326 e. The summed E-state index contributed by atoms with van der Waals surface area (Å²) in [5.74, 6) is -2.36. The van der Waals surface area contributed by atoms with Gasteiger partial charge in [0, 0.05) is 6.54 Å². The van der Waals surface area contributed by atoms with E-state index in [1.165, 1.54) is 17.0 Å². The van der Waals surface area contributed by atoms with Gasteiger partial charge in [-0.15, -0.1) is 0 Å². The van der Waals surface area contributed by atoms with Crippen LogP contribution in [0, 0.1) is 5.92 Å². The highest BCUT2D eigenvalue weighted by molar-refractivity contribution is 5.92. The maximum absolute atomic E-state index is 12.9. The fraction of sp³-hybridized carbons (Fsp3) is 0.545. The number of aromatic hydroxyl groups is 1. The molecular formula is C22H32N4O6. The molecule has 0 aromatic heterocycles. The number of amides is 3. The molecule has 0 spiro atoms. The molecule has 1 heterocycles. The van der Waals surface area contributed by atoms with E-state index in [0.717, 1.165) is 5.56 Å². The molecule has 10 heteroatoms. The zero-order chi connectivity index (χ0) is 23.8. The first-order valence-electron chi connectivity index (χ1n) is 10.7. The van der Waals surface area contributed by atoms with Crippen LogP contribution < -0.4 is 16.4 Å². The number of aliphatic carboxylic acids is 1. The lowest BCUT2D eigenvalue weighted by molar-refractivity contribution is -0.149. The van der Waals surface area contributed by atoms with Gasteiger partial charge in [0.2, 0.25) is 17.7 Å². The molecule has 1 aromatic rings. The van der Waals surface area contributed by atoms with E-state index >= 15 is 0 Å². The normalized spacial score (nSPS) is 17.6. The van der Waals surface area contributed by atoms with Gasteiger partial charge in [0.05, 0.1) is 12.6 Å². The average molecular weight is 449 g/mol. The van der Waals surface area contributed by atoms with Crippen LogP contribution in [0.3, 0.4) is 0 Å². The van der Waals surface area contributed by atoms with Crippen molar-refractivity contribution in [3.63, 3.8) is 0 Å². The molecule has 176 valence electrons. The van der Waals surface area contributed by atoms with Crippen LogP contribution in [0.15, 0.2) is 24.3 Å². The summed E-state index contributed by atoms with van der Waals surface area (Å²) in [5.41, 5.74) is 6.65. The Bertz CT molecular complexity index is 826. The Morgan fingerprint density at radius 2 is 1.84 bits per heavy atom. The van der Waals surface area contributed by atoms with Crippen LogP contribution in [0.5, 0.6) is 5.75 Å².